The van der Waals surface area contributed by atoms with Gasteiger partial charge in [-0.05, 0) is 49.1 Å². The van der Waals surface area contributed by atoms with Crippen molar-refractivity contribution in [1.82, 2.24) is 10.6 Å². The summed E-state index contributed by atoms with van der Waals surface area (Å²) in [6.45, 7) is 2.50. The van der Waals surface area contributed by atoms with Crippen molar-refractivity contribution in [2.75, 3.05) is 37.5 Å². The third kappa shape index (κ3) is 5.97. The summed E-state index contributed by atoms with van der Waals surface area (Å²) in [5.74, 6) is 2.00. The summed E-state index contributed by atoms with van der Waals surface area (Å²) in [5, 5.41) is 10.0. The lowest BCUT2D eigenvalue weighted by Gasteiger charge is -2.22. The fourth-order valence-corrected chi connectivity index (χ4v) is 4.75. The molecule has 2 aliphatic rings. The number of carbonyl (C=O) groups excluding carboxylic acids is 1. The molecule has 3 N–H and O–H groups in total. The predicted molar refractivity (Wildman–Crippen MR) is 134 cm³/mol. The number of guanidine groups is 1. The van der Waals surface area contributed by atoms with Gasteiger partial charge in [-0.1, -0.05) is 37.1 Å². The topological polar surface area (TPSA) is 78.0 Å². The van der Waals surface area contributed by atoms with Crippen molar-refractivity contribution in [3.05, 3.63) is 54.1 Å². The van der Waals surface area contributed by atoms with E-state index in [0.29, 0.717) is 12.6 Å². The van der Waals surface area contributed by atoms with Crippen LogP contribution in [0.4, 0.5) is 11.4 Å². The summed E-state index contributed by atoms with van der Waals surface area (Å²) in [7, 11) is 3.51. The van der Waals surface area contributed by atoms with Gasteiger partial charge in [0.2, 0.25) is 5.91 Å². The number of aliphatic imine (C=N–C) groups is 1. The number of para-hydroxylation sites is 2. The third-order valence-corrected chi connectivity index (χ3v) is 6.56. The first-order chi connectivity index (χ1) is 16.2. The van der Waals surface area contributed by atoms with Crippen LogP contribution < -0.4 is 25.6 Å². The standard InChI is InChI=1S/C26H35N5O2/c1-27-26(30-22-14-15-31(18-22)23-12-5-6-13-24(23)33-2)28-17-19-8-7-11-21(16-19)29-25(32)20-9-3-4-10-20/h5-8,11-13,16,20,22H,3-4,9-10,14-15,17-18H2,1-2H3,(H,29,32)(H2,27,28,30). The molecule has 1 aliphatic carbocycles. The van der Waals surface area contributed by atoms with E-state index < -0.39 is 0 Å². The van der Waals surface area contributed by atoms with Gasteiger partial charge < -0.3 is 25.6 Å². The highest BCUT2D eigenvalue weighted by molar-refractivity contribution is 5.92. The van der Waals surface area contributed by atoms with E-state index in [1.165, 1.54) is 0 Å². The Morgan fingerprint density at radius 3 is 2.73 bits per heavy atom. The number of anilines is 2. The number of hydrogen-bond acceptors (Lipinski definition) is 4. The number of benzene rings is 2. The number of rotatable bonds is 7. The normalized spacial score (nSPS) is 18.9. The maximum absolute atomic E-state index is 12.4. The molecule has 1 unspecified atom stereocenters. The summed E-state index contributed by atoms with van der Waals surface area (Å²) < 4.78 is 5.52. The minimum Gasteiger partial charge on any atom is -0.495 e. The molecule has 1 aliphatic heterocycles. The highest BCUT2D eigenvalue weighted by Gasteiger charge is 2.25. The molecule has 7 nitrogen and oxygen atoms in total. The van der Waals surface area contributed by atoms with Crippen LogP contribution in [0, 0.1) is 5.92 Å². The van der Waals surface area contributed by atoms with Gasteiger partial charge in [0.05, 0.1) is 12.8 Å². The van der Waals surface area contributed by atoms with Crippen LogP contribution in [-0.4, -0.2) is 45.2 Å². The molecule has 33 heavy (non-hydrogen) atoms. The summed E-state index contributed by atoms with van der Waals surface area (Å²) >= 11 is 0. The van der Waals surface area contributed by atoms with E-state index in [9.17, 15) is 4.79 Å². The molecule has 0 radical (unpaired) electrons. The van der Waals surface area contributed by atoms with Crippen LogP contribution >= 0.6 is 0 Å². The van der Waals surface area contributed by atoms with Gasteiger partial charge in [0.15, 0.2) is 5.96 Å². The maximum Gasteiger partial charge on any atom is 0.227 e. The zero-order chi connectivity index (χ0) is 23.0. The van der Waals surface area contributed by atoms with Gasteiger partial charge in [-0.25, -0.2) is 0 Å². The molecule has 0 spiro atoms. The van der Waals surface area contributed by atoms with E-state index >= 15 is 0 Å². The first-order valence-electron chi connectivity index (χ1n) is 11.9. The second-order valence-corrected chi connectivity index (χ2v) is 8.84. The Balaban J connectivity index is 1.28. The lowest BCUT2D eigenvalue weighted by molar-refractivity contribution is -0.119. The fraction of sp³-hybridized carbons (Fsp3) is 0.462. The highest BCUT2D eigenvalue weighted by atomic mass is 16.5. The molecule has 2 fully saturated rings. The molecule has 1 amide bonds. The SMILES string of the molecule is CN=C(NCc1cccc(NC(=O)C2CCCC2)c1)NC1CCN(c2ccccc2OC)C1. The van der Waals surface area contributed by atoms with E-state index in [0.717, 1.165) is 73.8 Å². The summed E-state index contributed by atoms with van der Waals surface area (Å²) in [4.78, 5) is 19.2. The largest absolute Gasteiger partial charge is 0.495 e. The quantitative estimate of drug-likeness (QED) is 0.443. The van der Waals surface area contributed by atoms with Crippen molar-refractivity contribution in [3.63, 3.8) is 0 Å². The predicted octanol–water partition coefficient (Wildman–Crippen LogP) is 3.77. The first kappa shape index (κ1) is 23.0. The molecule has 2 aromatic carbocycles. The molecule has 1 heterocycles. The molecule has 0 aromatic heterocycles. The Morgan fingerprint density at radius 1 is 1.12 bits per heavy atom. The van der Waals surface area contributed by atoms with Crippen molar-refractivity contribution in [2.24, 2.45) is 10.9 Å². The van der Waals surface area contributed by atoms with Crippen LogP contribution in [0.25, 0.3) is 0 Å². The number of amides is 1. The molecule has 0 bridgehead atoms. The van der Waals surface area contributed by atoms with Gasteiger partial charge in [0.25, 0.3) is 0 Å². The van der Waals surface area contributed by atoms with Gasteiger partial charge in [0, 0.05) is 44.3 Å². The van der Waals surface area contributed by atoms with Crippen molar-refractivity contribution >= 4 is 23.2 Å². The van der Waals surface area contributed by atoms with Crippen molar-refractivity contribution < 1.29 is 9.53 Å². The van der Waals surface area contributed by atoms with Crippen LogP contribution in [0.2, 0.25) is 0 Å². The monoisotopic (exact) mass is 449 g/mol. The molecular weight excluding hydrogens is 414 g/mol. The van der Waals surface area contributed by atoms with Crippen molar-refractivity contribution in [2.45, 2.75) is 44.7 Å². The Hall–Kier alpha value is -3.22. The molecule has 2 aromatic rings. The smallest absolute Gasteiger partial charge is 0.227 e. The van der Waals surface area contributed by atoms with E-state index in [1.54, 1.807) is 14.2 Å². The minimum absolute atomic E-state index is 0.149. The molecule has 1 saturated carbocycles. The molecule has 4 rings (SSSR count). The average Bonchev–Trinajstić information content (AvgIpc) is 3.54. The van der Waals surface area contributed by atoms with E-state index in [2.05, 4.69) is 38.0 Å². The number of carbonyl (C=O) groups is 1. The van der Waals surface area contributed by atoms with E-state index in [4.69, 9.17) is 4.74 Å². The van der Waals surface area contributed by atoms with Gasteiger partial charge in [-0.15, -0.1) is 0 Å². The highest BCUT2D eigenvalue weighted by Crippen LogP contribution is 2.30. The lowest BCUT2D eigenvalue weighted by Crippen LogP contribution is -2.44. The minimum atomic E-state index is 0.149. The zero-order valence-electron chi connectivity index (χ0n) is 19.6. The third-order valence-electron chi connectivity index (χ3n) is 6.56. The summed E-state index contributed by atoms with van der Waals surface area (Å²) in [6, 6.07) is 16.5. The summed E-state index contributed by atoms with van der Waals surface area (Å²) in [5.41, 5.74) is 3.09. The Labute approximate surface area is 196 Å². The second-order valence-electron chi connectivity index (χ2n) is 8.84. The number of methoxy groups -OCH3 is 1. The number of nitrogens with zero attached hydrogens (tertiary/aromatic N) is 2. The molecule has 176 valence electrons. The van der Waals surface area contributed by atoms with Crippen LogP contribution in [0.5, 0.6) is 5.75 Å². The second kappa shape index (κ2) is 11.1. The van der Waals surface area contributed by atoms with E-state index in [-0.39, 0.29) is 11.8 Å². The van der Waals surface area contributed by atoms with Crippen molar-refractivity contribution in [1.29, 1.82) is 0 Å². The van der Waals surface area contributed by atoms with Gasteiger partial charge in [-0.2, -0.15) is 0 Å². The van der Waals surface area contributed by atoms with Crippen LogP contribution in [-0.2, 0) is 11.3 Å². The average molecular weight is 450 g/mol. The van der Waals surface area contributed by atoms with E-state index in [1.807, 2.05) is 36.4 Å². The van der Waals surface area contributed by atoms with Gasteiger partial charge in [-0.3, -0.25) is 9.79 Å². The maximum atomic E-state index is 12.4. The van der Waals surface area contributed by atoms with Crippen LogP contribution in [0.3, 0.4) is 0 Å². The molecule has 7 heteroatoms. The Morgan fingerprint density at radius 2 is 1.94 bits per heavy atom. The molecule has 1 saturated heterocycles. The Kier molecular flexibility index (Phi) is 7.70. The fourth-order valence-electron chi connectivity index (χ4n) is 4.75. The zero-order valence-corrected chi connectivity index (χ0v) is 19.6. The van der Waals surface area contributed by atoms with Crippen molar-refractivity contribution in [3.8, 4) is 5.75 Å². The molecule has 1 atom stereocenters. The number of hydrogen-bond donors (Lipinski definition) is 3. The number of nitrogens with one attached hydrogen (secondary N) is 3. The van der Waals surface area contributed by atoms with Crippen LogP contribution in [0.1, 0.15) is 37.7 Å². The van der Waals surface area contributed by atoms with Gasteiger partial charge in [0.1, 0.15) is 5.75 Å². The molecular formula is C26H35N5O2. The lowest BCUT2D eigenvalue weighted by atomic mass is 10.1. The number of ether oxygens (including phenoxy) is 1. The summed E-state index contributed by atoms with van der Waals surface area (Å²) in [6.07, 6.45) is 5.36. The van der Waals surface area contributed by atoms with Gasteiger partial charge >= 0.3 is 0 Å². The van der Waals surface area contributed by atoms with Crippen LogP contribution in [0.15, 0.2) is 53.5 Å². The Bertz CT molecular complexity index is 971. The first-order valence-corrected chi connectivity index (χ1v) is 11.9.